The molecule has 11 rings (SSSR count). The molecule has 4 nitrogen and oxygen atoms in total. The van der Waals surface area contributed by atoms with Crippen molar-refractivity contribution in [3.8, 4) is 67.5 Å². The van der Waals surface area contributed by atoms with E-state index in [1.165, 1.54) is 31.3 Å². The lowest BCUT2D eigenvalue weighted by atomic mass is 9.93. The van der Waals surface area contributed by atoms with Crippen molar-refractivity contribution in [2.75, 3.05) is 0 Å². The summed E-state index contributed by atoms with van der Waals surface area (Å²) in [4.78, 5) is 14.9. The molecule has 0 saturated carbocycles. The SMILES string of the molecule is c1ccc(-c2cccc(-c3cc(-c4ccc5c(c4)sc4cc(-c6nc(-c7ccccc7)nc(-c7ccccc7)n6)ccc45)cc4c3oc3ccccc34)c2)cc1. The fourth-order valence-electron chi connectivity index (χ4n) is 7.74. The van der Waals surface area contributed by atoms with E-state index in [-0.39, 0.29) is 0 Å². The maximum atomic E-state index is 6.59. The predicted molar refractivity (Wildman–Crippen MR) is 233 cm³/mol. The van der Waals surface area contributed by atoms with Crippen LogP contribution in [0.2, 0.25) is 0 Å². The van der Waals surface area contributed by atoms with Crippen LogP contribution in [0.15, 0.2) is 192 Å². The third kappa shape index (κ3) is 5.65. The quantitative estimate of drug-likeness (QED) is 0.171. The highest BCUT2D eigenvalue weighted by Crippen LogP contribution is 2.43. The van der Waals surface area contributed by atoms with Crippen LogP contribution >= 0.6 is 11.3 Å². The van der Waals surface area contributed by atoms with Gasteiger partial charge in [-0.2, -0.15) is 0 Å². The summed E-state index contributed by atoms with van der Waals surface area (Å²) in [6.07, 6.45) is 0. The van der Waals surface area contributed by atoms with Crippen molar-refractivity contribution < 1.29 is 4.42 Å². The summed E-state index contributed by atoms with van der Waals surface area (Å²) in [6.45, 7) is 0. The van der Waals surface area contributed by atoms with Gasteiger partial charge in [-0.15, -0.1) is 11.3 Å². The van der Waals surface area contributed by atoms with Crippen LogP contribution < -0.4 is 0 Å². The van der Waals surface area contributed by atoms with Crippen LogP contribution in [0.1, 0.15) is 0 Å². The van der Waals surface area contributed by atoms with E-state index in [0.29, 0.717) is 17.5 Å². The molecule has 0 aliphatic rings. The first-order valence-corrected chi connectivity index (χ1v) is 19.5. The second kappa shape index (κ2) is 13.3. The van der Waals surface area contributed by atoms with E-state index in [1.807, 2.05) is 66.7 Å². The van der Waals surface area contributed by atoms with Crippen LogP contribution in [-0.4, -0.2) is 15.0 Å². The summed E-state index contributed by atoms with van der Waals surface area (Å²) in [5.74, 6) is 1.97. The van der Waals surface area contributed by atoms with Crippen molar-refractivity contribution in [2.24, 2.45) is 0 Å². The Bertz CT molecular complexity index is 3180. The van der Waals surface area contributed by atoms with Crippen LogP contribution in [0.4, 0.5) is 0 Å². The molecule has 0 fully saturated rings. The van der Waals surface area contributed by atoms with E-state index < -0.39 is 0 Å². The number of aromatic nitrogens is 3. The van der Waals surface area contributed by atoms with Crippen molar-refractivity contribution >= 4 is 53.4 Å². The normalized spacial score (nSPS) is 11.6. The zero-order valence-corrected chi connectivity index (χ0v) is 30.9. The Hall–Kier alpha value is -7.21. The molecule has 0 amide bonds. The van der Waals surface area contributed by atoms with E-state index in [9.17, 15) is 0 Å². The lowest BCUT2D eigenvalue weighted by molar-refractivity contribution is 0.670. The first-order valence-electron chi connectivity index (χ1n) is 18.7. The minimum Gasteiger partial charge on any atom is -0.455 e. The molecule has 5 heteroatoms. The zero-order valence-electron chi connectivity index (χ0n) is 30.1. The molecule has 0 radical (unpaired) electrons. The molecule has 8 aromatic carbocycles. The van der Waals surface area contributed by atoms with E-state index >= 15 is 0 Å². The van der Waals surface area contributed by atoms with Crippen molar-refractivity contribution in [1.82, 2.24) is 15.0 Å². The number of hydrogen-bond acceptors (Lipinski definition) is 5. The first-order chi connectivity index (χ1) is 27.7. The molecule has 0 spiro atoms. The Morgan fingerprint density at radius 1 is 0.321 bits per heavy atom. The van der Waals surface area contributed by atoms with Crippen LogP contribution in [0.5, 0.6) is 0 Å². The van der Waals surface area contributed by atoms with Gasteiger partial charge in [-0.25, -0.2) is 15.0 Å². The van der Waals surface area contributed by atoms with Crippen molar-refractivity contribution in [3.05, 3.63) is 188 Å². The molecule has 0 N–H and O–H groups in total. The summed E-state index contributed by atoms with van der Waals surface area (Å²) in [7, 11) is 0. The van der Waals surface area contributed by atoms with E-state index in [2.05, 4.69) is 121 Å². The third-order valence-electron chi connectivity index (χ3n) is 10.5. The number of benzene rings is 8. The number of fused-ring (bicyclic) bond motifs is 6. The average Bonchev–Trinajstić information content (AvgIpc) is 3.84. The lowest BCUT2D eigenvalue weighted by Gasteiger charge is -2.10. The first kappa shape index (κ1) is 32.2. The highest BCUT2D eigenvalue weighted by Gasteiger charge is 2.18. The highest BCUT2D eigenvalue weighted by atomic mass is 32.1. The molecule has 3 aromatic heterocycles. The summed E-state index contributed by atoms with van der Waals surface area (Å²) >= 11 is 1.80. The highest BCUT2D eigenvalue weighted by molar-refractivity contribution is 7.25. The van der Waals surface area contributed by atoms with Gasteiger partial charge in [0.25, 0.3) is 0 Å². The lowest BCUT2D eigenvalue weighted by Crippen LogP contribution is -1.99. The minimum atomic E-state index is 0.655. The van der Waals surface area contributed by atoms with Gasteiger partial charge in [-0.3, -0.25) is 0 Å². The summed E-state index contributed by atoms with van der Waals surface area (Å²) in [5.41, 5.74) is 11.5. The van der Waals surface area contributed by atoms with Crippen molar-refractivity contribution in [1.29, 1.82) is 0 Å². The van der Waals surface area contributed by atoms with Crippen molar-refractivity contribution in [2.45, 2.75) is 0 Å². The number of para-hydroxylation sites is 1. The van der Waals surface area contributed by atoms with Gasteiger partial charge < -0.3 is 4.42 Å². The molecule has 0 bridgehead atoms. The second-order valence-corrected chi connectivity index (χ2v) is 15.1. The number of nitrogens with zero attached hydrogens (tertiary/aromatic N) is 3. The molecule has 0 atom stereocenters. The molecule has 0 aliphatic heterocycles. The topological polar surface area (TPSA) is 51.8 Å². The molecule has 0 aliphatic carbocycles. The number of hydrogen-bond donors (Lipinski definition) is 0. The van der Waals surface area contributed by atoms with E-state index in [1.54, 1.807) is 11.3 Å². The van der Waals surface area contributed by atoms with Crippen LogP contribution in [0.3, 0.4) is 0 Å². The molecule has 11 aromatic rings. The van der Waals surface area contributed by atoms with Gasteiger partial charge in [0.1, 0.15) is 11.2 Å². The standard InChI is InChI=1S/C51H31N3OS/c1-4-13-32(14-5-1)35-19-12-20-37(27-35)43-28-39(29-44-40-21-10-11-22-45(40)55-48(43)44)36-23-25-41-42-26-24-38(31-47(42)56-46(41)30-36)51-53-49(33-15-6-2-7-16-33)52-50(54-51)34-17-8-3-9-18-34/h1-31H. The largest absolute Gasteiger partial charge is 0.455 e. The van der Waals surface area contributed by atoms with Crippen LogP contribution in [0.25, 0.3) is 110 Å². The molecule has 0 unspecified atom stereocenters. The van der Waals surface area contributed by atoms with Gasteiger partial charge in [0.2, 0.25) is 0 Å². The maximum absolute atomic E-state index is 6.59. The smallest absolute Gasteiger partial charge is 0.164 e. The number of rotatable bonds is 6. The monoisotopic (exact) mass is 733 g/mol. The third-order valence-corrected chi connectivity index (χ3v) is 11.6. The Morgan fingerprint density at radius 2 is 0.839 bits per heavy atom. The Morgan fingerprint density at radius 3 is 1.52 bits per heavy atom. The molecule has 56 heavy (non-hydrogen) atoms. The van der Waals surface area contributed by atoms with Crippen LogP contribution in [-0.2, 0) is 0 Å². The van der Waals surface area contributed by atoms with Crippen molar-refractivity contribution in [3.63, 3.8) is 0 Å². The van der Waals surface area contributed by atoms with Gasteiger partial charge in [-0.1, -0.05) is 152 Å². The second-order valence-electron chi connectivity index (χ2n) is 14.0. The number of thiophene rings is 1. The minimum absolute atomic E-state index is 0.655. The average molecular weight is 734 g/mol. The fourth-order valence-corrected chi connectivity index (χ4v) is 8.92. The number of furan rings is 1. The molecular formula is C51H31N3OS. The Kier molecular flexibility index (Phi) is 7.64. The van der Waals surface area contributed by atoms with E-state index in [0.717, 1.165) is 60.9 Å². The summed E-state index contributed by atoms with van der Waals surface area (Å²) in [6, 6.07) is 65.8. The summed E-state index contributed by atoms with van der Waals surface area (Å²) < 4.78 is 9.00. The molecule has 3 heterocycles. The molecular weight excluding hydrogens is 703 g/mol. The Labute approximate surface area is 327 Å². The maximum Gasteiger partial charge on any atom is 0.164 e. The predicted octanol–water partition coefficient (Wildman–Crippen LogP) is 14.1. The van der Waals surface area contributed by atoms with Gasteiger partial charge >= 0.3 is 0 Å². The van der Waals surface area contributed by atoms with Gasteiger partial charge in [-0.05, 0) is 64.2 Å². The van der Waals surface area contributed by atoms with Crippen LogP contribution in [0, 0.1) is 0 Å². The summed E-state index contributed by atoms with van der Waals surface area (Å²) in [5, 5.41) is 4.68. The molecule has 262 valence electrons. The van der Waals surface area contributed by atoms with Gasteiger partial charge in [0.05, 0.1) is 0 Å². The molecule has 0 saturated heterocycles. The Balaban J connectivity index is 1.03. The van der Waals surface area contributed by atoms with Gasteiger partial charge in [0, 0.05) is 53.2 Å². The zero-order chi connectivity index (χ0) is 37.0. The fraction of sp³-hybridized carbons (Fsp3) is 0. The van der Waals surface area contributed by atoms with E-state index in [4.69, 9.17) is 19.4 Å². The van der Waals surface area contributed by atoms with Gasteiger partial charge in [0.15, 0.2) is 17.5 Å².